The Morgan fingerprint density at radius 1 is 1.39 bits per heavy atom. The van der Waals surface area contributed by atoms with Crippen molar-refractivity contribution in [2.45, 2.75) is 70.1 Å². The molecule has 6 nitrogen and oxygen atoms in total. The number of thioether (sulfide) groups is 1. The van der Waals surface area contributed by atoms with Crippen LogP contribution in [0, 0.1) is 35.0 Å². The second-order valence-corrected chi connectivity index (χ2v) is 11.4. The first-order valence-electron chi connectivity index (χ1n) is 11.2. The molecule has 2 aliphatic rings. The summed E-state index contributed by atoms with van der Waals surface area (Å²) in [6.07, 6.45) is 5.36. The Morgan fingerprint density at radius 2 is 2.19 bits per heavy atom. The molecule has 8 heteroatoms. The minimum atomic E-state index is -0.871. The summed E-state index contributed by atoms with van der Waals surface area (Å²) >= 11 is 3.09. The summed E-state index contributed by atoms with van der Waals surface area (Å²) < 4.78 is 2.26. The van der Waals surface area contributed by atoms with E-state index < -0.39 is 5.54 Å². The molecule has 0 aromatic carbocycles. The first-order valence-corrected chi connectivity index (χ1v) is 13.0. The molecule has 2 heterocycles. The first-order chi connectivity index (χ1) is 14.8. The maximum absolute atomic E-state index is 12.6. The highest BCUT2D eigenvalue weighted by Gasteiger charge is 2.43. The Hall–Kier alpha value is -1.85. The smallest absolute Gasteiger partial charge is 0.231 e. The highest BCUT2D eigenvalue weighted by molar-refractivity contribution is 7.99. The molecule has 1 amide bonds. The maximum atomic E-state index is 12.6. The molecule has 5 unspecified atom stereocenters. The Balaban J connectivity index is 1.54. The lowest BCUT2D eigenvalue weighted by molar-refractivity contribution is -0.120. The van der Waals surface area contributed by atoms with E-state index in [1.165, 1.54) is 37.4 Å². The van der Waals surface area contributed by atoms with Crippen molar-refractivity contribution in [3.05, 3.63) is 17.5 Å². The monoisotopic (exact) mass is 457 g/mol. The molecule has 0 saturated heterocycles. The van der Waals surface area contributed by atoms with Crippen molar-refractivity contribution in [3.63, 3.8) is 0 Å². The van der Waals surface area contributed by atoms with Crippen LogP contribution in [0.2, 0.25) is 0 Å². The largest absolute Gasteiger partial charge is 0.337 e. The zero-order valence-corrected chi connectivity index (χ0v) is 20.3. The van der Waals surface area contributed by atoms with E-state index in [0.29, 0.717) is 12.0 Å². The SMILES string of the molecule is CC(C1CC2CCC1C2)n1c(SCC(=O)NC(C)(C#N)C(C)C)nnc1-c1cccs1. The van der Waals surface area contributed by atoms with Gasteiger partial charge in [0.1, 0.15) is 5.54 Å². The molecule has 5 atom stereocenters. The van der Waals surface area contributed by atoms with Gasteiger partial charge in [-0.05, 0) is 68.2 Å². The summed E-state index contributed by atoms with van der Waals surface area (Å²) in [5.74, 6) is 3.31. The van der Waals surface area contributed by atoms with Gasteiger partial charge < -0.3 is 5.32 Å². The number of nitrogens with one attached hydrogen (secondary N) is 1. The quantitative estimate of drug-likeness (QED) is 0.554. The highest BCUT2D eigenvalue weighted by atomic mass is 32.2. The van der Waals surface area contributed by atoms with E-state index in [1.807, 2.05) is 19.9 Å². The van der Waals surface area contributed by atoms with E-state index in [9.17, 15) is 10.1 Å². The molecule has 2 bridgehead atoms. The zero-order chi connectivity index (χ0) is 22.2. The highest BCUT2D eigenvalue weighted by Crippen LogP contribution is 2.53. The van der Waals surface area contributed by atoms with Crippen LogP contribution in [0.15, 0.2) is 22.7 Å². The van der Waals surface area contributed by atoms with E-state index in [0.717, 1.165) is 27.7 Å². The van der Waals surface area contributed by atoms with Crippen LogP contribution in [0.3, 0.4) is 0 Å². The molecule has 1 N–H and O–H groups in total. The van der Waals surface area contributed by atoms with Gasteiger partial charge in [0.15, 0.2) is 11.0 Å². The van der Waals surface area contributed by atoms with Crippen molar-refractivity contribution in [1.29, 1.82) is 5.26 Å². The molecule has 2 fully saturated rings. The zero-order valence-electron chi connectivity index (χ0n) is 18.7. The number of nitrogens with zero attached hydrogens (tertiary/aromatic N) is 4. The Bertz CT molecular complexity index is 963. The Labute approximate surface area is 192 Å². The van der Waals surface area contributed by atoms with Crippen molar-refractivity contribution in [2.75, 3.05) is 5.75 Å². The lowest BCUT2D eigenvalue weighted by Crippen LogP contribution is -2.49. The Morgan fingerprint density at radius 3 is 2.77 bits per heavy atom. The van der Waals surface area contributed by atoms with Gasteiger partial charge in [0.05, 0.1) is 16.7 Å². The fourth-order valence-electron chi connectivity index (χ4n) is 5.15. The van der Waals surface area contributed by atoms with Gasteiger partial charge in [0.25, 0.3) is 0 Å². The number of aromatic nitrogens is 3. The van der Waals surface area contributed by atoms with Crippen LogP contribution in [0.25, 0.3) is 10.7 Å². The van der Waals surface area contributed by atoms with Gasteiger partial charge in [-0.3, -0.25) is 9.36 Å². The van der Waals surface area contributed by atoms with E-state index in [2.05, 4.69) is 44.5 Å². The van der Waals surface area contributed by atoms with Gasteiger partial charge in [0.2, 0.25) is 5.91 Å². The van der Waals surface area contributed by atoms with Crippen molar-refractivity contribution in [2.24, 2.45) is 23.7 Å². The minimum Gasteiger partial charge on any atom is -0.337 e. The predicted octanol–water partition coefficient (Wildman–Crippen LogP) is 5.15. The predicted molar refractivity (Wildman–Crippen MR) is 125 cm³/mol. The molecule has 0 radical (unpaired) electrons. The van der Waals surface area contributed by atoms with Gasteiger partial charge in [-0.1, -0.05) is 38.1 Å². The molecule has 166 valence electrons. The van der Waals surface area contributed by atoms with Crippen LogP contribution < -0.4 is 5.32 Å². The van der Waals surface area contributed by atoms with Crippen LogP contribution in [-0.2, 0) is 4.79 Å². The number of nitriles is 1. The lowest BCUT2D eigenvalue weighted by Gasteiger charge is -2.30. The number of fused-ring (bicyclic) bond motifs is 2. The normalized spacial score (nSPS) is 25.4. The third-order valence-corrected chi connectivity index (χ3v) is 9.15. The molecule has 4 rings (SSSR count). The minimum absolute atomic E-state index is 0.0262. The summed E-state index contributed by atoms with van der Waals surface area (Å²) in [7, 11) is 0. The summed E-state index contributed by atoms with van der Waals surface area (Å²) in [4.78, 5) is 13.7. The van der Waals surface area contributed by atoms with Crippen LogP contribution in [0.4, 0.5) is 0 Å². The average molecular weight is 458 g/mol. The van der Waals surface area contributed by atoms with E-state index in [4.69, 9.17) is 0 Å². The van der Waals surface area contributed by atoms with Crippen LogP contribution in [0.5, 0.6) is 0 Å². The molecular weight excluding hydrogens is 426 g/mol. The third-order valence-electron chi connectivity index (χ3n) is 7.34. The second-order valence-electron chi connectivity index (χ2n) is 9.54. The molecule has 2 aromatic heterocycles. The fourth-order valence-corrected chi connectivity index (χ4v) is 6.68. The standard InChI is InChI=1S/C23H31N5OS2/c1-14(2)23(4,13-24)25-20(29)12-31-22-27-26-21(19-6-5-9-30-19)28(22)15(3)18-11-16-7-8-17(18)10-16/h5-6,9,14-18H,7-8,10-12H2,1-4H3,(H,25,29). The van der Waals surface area contributed by atoms with Crippen LogP contribution in [0.1, 0.15) is 59.4 Å². The molecular formula is C23H31N5OS2. The molecule has 2 aliphatic carbocycles. The number of carbonyl (C=O) groups is 1. The Kier molecular flexibility index (Phi) is 6.45. The number of hydrogen-bond acceptors (Lipinski definition) is 6. The van der Waals surface area contributed by atoms with E-state index in [1.54, 1.807) is 18.3 Å². The number of rotatable bonds is 8. The summed E-state index contributed by atoms with van der Waals surface area (Å²) in [6.45, 7) is 7.95. The van der Waals surface area contributed by atoms with Gasteiger partial charge in [-0.25, -0.2) is 0 Å². The van der Waals surface area contributed by atoms with E-state index in [-0.39, 0.29) is 17.6 Å². The van der Waals surface area contributed by atoms with Gasteiger partial charge >= 0.3 is 0 Å². The molecule has 0 aliphatic heterocycles. The average Bonchev–Trinajstić information content (AvgIpc) is 3.54. The molecule has 2 aromatic rings. The summed E-state index contributed by atoms with van der Waals surface area (Å²) in [5.41, 5.74) is -0.871. The number of carbonyl (C=O) groups excluding carboxylic acids is 1. The van der Waals surface area contributed by atoms with Gasteiger partial charge in [0, 0.05) is 6.04 Å². The fraction of sp³-hybridized carbons (Fsp3) is 0.652. The molecule has 0 spiro atoms. The summed E-state index contributed by atoms with van der Waals surface area (Å²) in [6, 6.07) is 6.66. The molecule has 31 heavy (non-hydrogen) atoms. The maximum Gasteiger partial charge on any atom is 0.231 e. The topological polar surface area (TPSA) is 83.6 Å². The molecule has 2 saturated carbocycles. The number of hydrogen-bond donors (Lipinski definition) is 1. The summed E-state index contributed by atoms with van der Waals surface area (Å²) in [5, 5.41) is 24.3. The first kappa shape index (κ1) is 22.3. The van der Waals surface area contributed by atoms with Gasteiger partial charge in [-0.2, -0.15) is 5.26 Å². The van der Waals surface area contributed by atoms with Gasteiger partial charge in [-0.15, -0.1) is 21.5 Å². The number of thiophene rings is 1. The van der Waals surface area contributed by atoms with Crippen molar-refractivity contribution >= 4 is 29.0 Å². The van der Waals surface area contributed by atoms with Crippen LogP contribution >= 0.6 is 23.1 Å². The van der Waals surface area contributed by atoms with E-state index >= 15 is 0 Å². The second kappa shape index (κ2) is 8.95. The number of amides is 1. The van der Waals surface area contributed by atoms with Crippen molar-refractivity contribution in [3.8, 4) is 16.8 Å². The van der Waals surface area contributed by atoms with Crippen LogP contribution in [-0.4, -0.2) is 32.0 Å². The van der Waals surface area contributed by atoms with Crippen molar-refractivity contribution in [1.82, 2.24) is 20.1 Å². The van der Waals surface area contributed by atoms with Crippen molar-refractivity contribution < 1.29 is 4.79 Å². The lowest BCUT2D eigenvalue weighted by atomic mass is 9.84. The third kappa shape index (κ3) is 4.40.